The van der Waals surface area contributed by atoms with Crippen LogP contribution in [0.4, 0.5) is 10.1 Å². The van der Waals surface area contributed by atoms with E-state index in [4.69, 9.17) is 0 Å². The number of β-amino-alcohol motifs (C(OH)–C–C–N with tert-alkyl or cyclic N) is 1. The predicted octanol–water partition coefficient (Wildman–Crippen LogP) is 3.39. The van der Waals surface area contributed by atoms with Crippen molar-refractivity contribution < 1.29 is 14.1 Å². The first-order chi connectivity index (χ1) is 11.6. The molecule has 0 radical (unpaired) electrons. The predicted molar refractivity (Wildman–Crippen MR) is 92.8 cm³/mol. The van der Waals surface area contributed by atoms with E-state index in [-0.39, 0.29) is 5.82 Å². The number of hydrogen-bond donors (Lipinski definition) is 1. The summed E-state index contributed by atoms with van der Waals surface area (Å²) in [5.41, 5.74) is 1.95. The highest BCUT2D eigenvalue weighted by Gasteiger charge is 2.52. The molecule has 3 nitrogen and oxygen atoms in total. The van der Waals surface area contributed by atoms with E-state index in [1.54, 1.807) is 12.1 Å². The number of benzene rings is 2. The standard InChI is InChI=1S/C20H22FN2O/c1-15-5-4-6-18(13-15)22-14-20(24,16-8-10-17(21)11-9-16)23-12-3-2-7-19(22)23/h4-6,8-11,13,24H,2-3,7,12,14H2,1H3/q+1/t20-/m1/s1. The van der Waals surface area contributed by atoms with Gasteiger partial charge in [-0.15, -0.1) is 0 Å². The molecule has 0 unspecified atom stereocenters. The van der Waals surface area contributed by atoms with Crippen molar-refractivity contribution >= 4 is 11.5 Å². The van der Waals surface area contributed by atoms with Gasteiger partial charge < -0.3 is 5.11 Å². The Hall–Kier alpha value is -2.20. The second-order valence-electron chi connectivity index (χ2n) is 6.77. The third kappa shape index (κ3) is 2.42. The Labute approximate surface area is 141 Å². The Morgan fingerprint density at radius 1 is 1.12 bits per heavy atom. The number of aryl methyl sites for hydroxylation is 1. The fourth-order valence-electron chi connectivity index (χ4n) is 3.89. The second-order valence-corrected chi connectivity index (χ2v) is 6.77. The van der Waals surface area contributed by atoms with Crippen molar-refractivity contribution in [2.45, 2.75) is 31.9 Å². The minimum absolute atomic E-state index is 0.279. The van der Waals surface area contributed by atoms with Crippen LogP contribution in [0.25, 0.3) is 0 Å². The molecule has 4 heteroatoms. The summed E-state index contributed by atoms with van der Waals surface area (Å²) in [6.07, 6.45) is 3.15. The fraction of sp³-hybridized carbons (Fsp3) is 0.350. The van der Waals surface area contributed by atoms with E-state index in [2.05, 4.69) is 34.6 Å². The molecule has 1 N–H and O–H groups in total. The van der Waals surface area contributed by atoms with Crippen molar-refractivity contribution in [3.05, 3.63) is 65.5 Å². The Morgan fingerprint density at radius 2 is 1.92 bits per heavy atom. The summed E-state index contributed by atoms with van der Waals surface area (Å²) < 4.78 is 15.4. The Morgan fingerprint density at radius 3 is 2.67 bits per heavy atom. The van der Waals surface area contributed by atoms with Gasteiger partial charge in [-0.2, -0.15) is 0 Å². The van der Waals surface area contributed by atoms with Crippen LogP contribution in [0, 0.1) is 12.7 Å². The lowest BCUT2D eigenvalue weighted by Gasteiger charge is -2.24. The molecule has 0 saturated heterocycles. The number of hydrogen-bond acceptors (Lipinski definition) is 2. The number of halogens is 1. The Bertz CT molecular complexity index is 800. The van der Waals surface area contributed by atoms with Gasteiger partial charge in [-0.3, -0.25) is 0 Å². The SMILES string of the molecule is Cc1cccc(N2C[C@@](O)(c3ccc(F)cc3)[N+]3=C2CCCC3)c1. The number of rotatable bonds is 2. The molecule has 0 fully saturated rings. The van der Waals surface area contributed by atoms with Gasteiger partial charge in [0.1, 0.15) is 11.5 Å². The number of anilines is 1. The molecule has 0 bridgehead atoms. The van der Waals surface area contributed by atoms with Crippen molar-refractivity contribution in [2.75, 3.05) is 18.0 Å². The summed E-state index contributed by atoms with van der Waals surface area (Å²) in [4.78, 5) is 2.22. The van der Waals surface area contributed by atoms with Crippen LogP contribution in [-0.2, 0) is 5.72 Å². The highest BCUT2D eigenvalue weighted by Crippen LogP contribution is 2.35. The molecule has 2 heterocycles. The minimum atomic E-state index is -1.10. The van der Waals surface area contributed by atoms with Crippen LogP contribution < -0.4 is 4.90 Å². The van der Waals surface area contributed by atoms with Crippen molar-refractivity contribution in [1.82, 2.24) is 0 Å². The molecule has 0 aliphatic carbocycles. The third-order valence-corrected chi connectivity index (χ3v) is 5.10. The van der Waals surface area contributed by atoms with E-state index in [1.807, 2.05) is 6.07 Å². The molecule has 24 heavy (non-hydrogen) atoms. The molecule has 1 atom stereocenters. The monoisotopic (exact) mass is 325 g/mol. The summed E-state index contributed by atoms with van der Waals surface area (Å²) in [7, 11) is 0. The zero-order valence-corrected chi connectivity index (χ0v) is 13.9. The average molecular weight is 325 g/mol. The lowest BCUT2D eigenvalue weighted by molar-refractivity contribution is -0.661. The number of aliphatic hydroxyl groups is 1. The van der Waals surface area contributed by atoms with Crippen LogP contribution in [0.1, 0.15) is 30.4 Å². The van der Waals surface area contributed by atoms with Crippen LogP contribution >= 0.6 is 0 Å². The van der Waals surface area contributed by atoms with Gasteiger partial charge in [0.25, 0.3) is 11.6 Å². The molecule has 0 amide bonds. The molecular weight excluding hydrogens is 303 g/mol. The molecule has 4 rings (SSSR count). The van der Waals surface area contributed by atoms with Gasteiger partial charge in [0.2, 0.25) is 0 Å². The van der Waals surface area contributed by atoms with Crippen LogP contribution in [-0.4, -0.2) is 28.6 Å². The smallest absolute Gasteiger partial charge is 0.271 e. The van der Waals surface area contributed by atoms with Crippen LogP contribution in [0.2, 0.25) is 0 Å². The van der Waals surface area contributed by atoms with Gasteiger partial charge in [0.05, 0.1) is 6.54 Å². The molecular formula is C20H22FN2O+. The quantitative estimate of drug-likeness (QED) is 0.857. The van der Waals surface area contributed by atoms with E-state index >= 15 is 0 Å². The Balaban J connectivity index is 1.80. The topological polar surface area (TPSA) is 26.5 Å². The second kappa shape index (κ2) is 5.71. The first kappa shape index (κ1) is 15.3. The molecule has 2 aliphatic heterocycles. The molecule has 124 valence electrons. The van der Waals surface area contributed by atoms with Crippen molar-refractivity contribution in [1.29, 1.82) is 0 Å². The van der Waals surface area contributed by atoms with E-state index in [1.165, 1.54) is 23.5 Å². The van der Waals surface area contributed by atoms with Gasteiger partial charge in [-0.1, -0.05) is 12.1 Å². The van der Waals surface area contributed by atoms with Gasteiger partial charge in [0.15, 0.2) is 6.54 Å². The molecule has 0 spiro atoms. The van der Waals surface area contributed by atoms with Crippen molar-refractivity contribution in [3.8, 4) is 0 Å². The van der Waals surface area contributed by atoms with Crippen LogP contribution in [0.3, 0.4) is 0 Å². The van der Waals surface area contributed by atoms with E-state index < -0.39 is 5.72 Å². The van der Waals surface area contributed by atoms with Gasteiger partial charge in [-0.05, 0) is 61.7 Å². The summed E-state index contributed by atoms with van der Waals surface area (Å²) in [6.45, 7) is 3.37. The summed E-state index contributed by atoms with van der Waals surface area (Å²) in [6, 6.07) is 14.6. The van der Waals surface area contributed by atoms with E-state index in [9.17, 15) is 9.50 Å². The Kier molecular flexibility index (Phi) is 3.65. The van der Waals surface area contributed by atoms with E-state index in [0.29, 0.717) is 6.54 Å². The summed E-state index contributed by atoms with van der Waals surface area (Å²) >= 11 is 0. The highest BCUT2D eigenvalue weighted by molar-refractivity contribution is 5.96. The van der Waals surface area contributed by atoms with Gasteiger partial charge in [0, 0.05) is 12.0 Å². The molecule has 0 saturated carbocycles. The first-order valence-corrected chi connectivity index (χ1v) is 8.54. The molecule has 0 aromatic heterocycles. The number of amidine groups is 1. The largest absolute Gasteiger partial charge is 0.346 e. The zero-order valence-electron chi connectivity index (χ0n) is 13.9. The average Bonchev–Trinajstić information content (AvgIpc) is 2.90. The lowest BCUT2D eigenvalue weighted by Crippen LogP contribution is -2.41. The molecule has 2 aliphatic rings. The maximum absolute atomic E-state index is 13.3. The maximum Gasteiger partial charge on any atom is 0.271 e. The highest BCUT2D eigenvalue weighted by atomic mass is 19.1. The van der Waals surface area contributed by atoms with Crippen LogP contribution in [0.15, 0.2) is 48.5 Å². The van der Waals surface area contributed by atoms with E-state index in [0.717, 1.165) is 37.1 Å². The first-order valence-electron chi connectivity index (χ1n) is 8.54. The fourth-order valence-corrected chi connectivity index (χ4v) is 3.89. The maximum atomic E-state index is 13.3. The molecule has 2 aromatic rings. The van der Waals surface area contributed by atoms with Gasteiger partial charge in [-0.25, -0.2) is 13.9 Å². The van der Waals surface area contributed by atoms with Crippen molar-refractivity contribution in [2.24, 2.45) is 0 Å². The third-order valence-electron chi connectivity index (χ3n) is 5.10. The van der Waals surface area contributed by atoms with Gasteiger partial charge >= 0.3 is 0 Å². The lowest BCUT2D eigenvalue weighted by atomic mass is 10.0. The molecule has 2 aromatic carbocycles. The zero-order chi connectivity index (χ0) is 16.7. The number of nitrogens with zero attached hydrogens (tertiary/aromatic N) is 2. The van der Waals surface area contributed by atoms with Crippen LogP contribution in [0.5, 0.6) is 0 Å². The summed E-state index contributed by atoms with van der Waals surface area (Å²) in [5.74, 6) is 0.886. The van der Waals surface area contributed by atoms with Crippen molar-refractivity contribution in [3.63, 3.8) is 0 Å². The minimum Gasteiger partial charge on any atom is -0.346 e. The normalized spacial score (nSPS) is 23.5. The summed E-state index contributed by atoms with van der Waals surface area (Å²) in [5, 5.41) is 11.5.